The van der Waals surface area contributed by atoms with Gasteiger partial charge in [0.25, 0.3) is 0 Å². The molecule has 0 saturated carbocycles. The molecule has 1 atom stereocenters. The Morgan fingerprint density at radius 2 is 2.22 bits per heavy atom. The lowest BCUT2D eigenvalue weighted by molar-refractivity contribution is -0.124. The first-order chi connectivity index (χ1) is 8.51. The van der Waals surface area contributed by atoms with E-state index in [0.29, 0.717) is 12.4 Å². The first-order valence-corrected chi connectivity index (χ1v) is 5.71. The first kappa shape index (κ1) is 14.5. The summed E-state index contributed by atoms with van der Waals surface area (Å²) in [4.78, 5) is 11.3. The Morgan fingerprint density at radius 1 is 1.50 bits per heavy atom. The van der Waals surface area contributed by atoms with E-state index in [1.807, 2.05) is 24.3 Å². The van der Waals surface area contributed by atoms with Crippen LogP contribution >= 0.6 is 0 Å². The predicted molar refractivity (Wildman–Crippen MR) is 69.3 cm³/mol. The molecule has 0 saturated heterocycles. The second kappa shape index (κ2) is 6.37. The van der Waals surface area contributed by atoms with Gasteiger partial charge in [-0.3, -0.25) is 4.79 Å². The average Bonchev–Trinajstić information content (AvgIpc) is 2.36. The van der Waals surface area contributed by atoms with E-state index >= 15 is 0 Å². The molecule has 1 amide bonds. The van der Waals surface area contributed by atoms with Gasteiger partial charge in [0.15, 0.2) is 0 Å². The average molecular weight is 252 g/mol. The fourth-order valence-corrected chi connectivity index (χ4v) is 1.39. The number of carbonyl (C=O) groups excluding carboxylic acids is 1. The van der Waals surface area contributed by atoms with Crippen LogP contribution in [0.3, 0.4) is 0 Å². The smallest absolute Gasteiger partial charge is 0.240 e. The number of rotatable bonds is 7. The van der Waals surface area contributed by atoms with E-state index in [0.717, 1.165) is 5.56 Å². The Balaban J connectivity index is 2.68. The third kappa shape index (κ3) is 3.72. The molecule has 0 heterocycles. The Bertz CT molecular complexity index is 409. The number of benzene rings is 1. The highest BCUT2D eigenvalue weighted by atomic mass is 16.5. The van der Waals surface area contributed by atoms with Gasteiger partial charge in [-0.15, -0.1) is 0 Å². The van der Waals surface area contributed by atoms with E-state index < -0.39 is 11.4 Å². The van der Waals surface area contributed by atoms with Gasteiger partial charge >= 0.3 is 0 Å². The number of ether oxygens (including phenoxy) is 2. The summed E-state index contributed by atoms with van der Waals surface area (Å²) in [7, 11) is 3.31. The molecule has 1 unspecified atom stereocenters. The molecule has 0 radical (unpaired) electrons. The number of carbonyl (C=O) groups is 1. The molecule has 0 spiro atoms. The van der Waals surface area contributed by atoms with Crippen LogP contribution in [-0.2, 0) is 16.1 Å². The summed E-state index contributed by atoms with van der Waals surface area (Å²) in [6.07, 6.45) is 0. The van der Waals surface area contributed by atoms with Crippen LogP contribution in [0.15, 0.2) is 24.3 Å². The van der Waals surface area contributed by atoms with Crippen molar-refractivity contribution in [2.24, 2.45) is 5.73 Å². The van der Waals surface area contributed by atoms with E-state index in [-0.39, 0.29) is 6.61 Å². The highest BCUT2D eigenvalue weighted by Gasteiger charge is 2.29. The Labute approximate surface area is 107 Å². The fourth-order valence-electron chi connectivity index (χ4n) is 1.39. The monoisotopic (exact) mass is 252 g/mol. The van der Waals surface area contributed by atoms with Gasteiger partial charge in [0.2, 0.25) is 5.91 Å². The SMILES string of the molecule is CNC(C)(COc1cccc(COC)c1)C(N)=O. The molecule has 1 rings (SSSR count). The maximum atomic E-state index is 11.3. The standard InChI is InChI=1S/C13H20N2O3/c1-13(15-2,12(14)16)9-18-11-6-4-5-10(7-11)8-17-3/h4-7,15H,8-9H2,1-3H3,(H2,14,16). The summed E-state index contributed by atoms with van der Waals surface area (Å²) in [5, 5.41) is 2.86. The molecule has 100 valence electrons. The molecule has 0 bridgehead atoms. The zero-order valence-corrected chi connectivity index (χ0v) is 11.0. The van der Waals surface area contributed by atoms with Crippen molar-refractivity contribution in [3.63, 3.8) is 0 Å². The van der Waals surface area contributed by atoms with Crippen LogP contribution in [0.2, 0.25) is 0 Å². The number of hydrogen-bond donors (Lipinski definition) is 2. The van der Waals surface area contributed by atoms with Gasteiger partial charge in [0, 0.05) is 7.11 Å². The van der Waals surface area contributed by atoms with Crippen LogP contribution in [0.1, 0.15) is 12.5 Å². The highest BCUT2D eigenvalue weighted by molar-refractivity contribution is 5.84. The first-order valence-electron chi connectivity index (χ1n) is 5.71. The number of primary amides is 1. The molecule has 5 nitrogen and oxygen atoms in total. The molecule has 18 heavy (non-hydrogen) atoms. The number of amides is 1. The van der Waals surface area contributed by atoms with E-state index in [4.69, 9.17) is 15.2 Å². The molecule has 1 aromatic carbocycles. The van der Waals surface area contributed by atoms with Crippen molar-refractivity contribution in [3.8, 4) is 5.75 Å². The van der Waals surface area contributed by atoms with E-state index in [1.165, 1.54) is 0 Å². The summed E-state index contributed by atoms with van der Waals surface area (Å²) in [6.45, 7) is 2.40. The van der Waals surface area contributed by atoms with Crippen LogP contribution < -0.4 is 15.8 Å². The zero-order valence-electron chi connectivity index (χ0n) is 11.0. The third-order valence-corrected chi connectivity index (χ3v) is 2.83. The van der Waals surface area contributed by atoms with Crippen molar-refractivity contribution in [1.29, 1.82) is 0 Å². The molecule has 0 aliphatic heterocycles. The summed E-state index contributed by atoms with van der Waals surface area (Å²) in [5.74, 6) is 0.241. The minimum atomic E-state index is -0.878. The van der Waals surface area contributed by atoms with Gasteiger partial charge < -0.3 is 20.5 Å². The largest absolute Gasteiger partial charge is 0.491 e. The molecule has 3 N–H and O–H groups in total. The van der Waals surface area contributed by atoms with Gasteiger partial charge in [-0.1, -0.05) is 12.1 Å². The highest BCUT2D eigenvalue weighted by Crippen LogP contribution is 2.15. The van der Waals surface area contributed by atoms with Crippen molar-refractivity contribution < 1.29 is 14.3 Å². The summed E-state index contributed by atoms with van der Waals surface area (Å²) >= 11 is 0. The lowest BCUT2D eigenvalue weighted by atomic mass is 10.0. The molecule has 5 heteroatoms. The Hall–Kier alpha value is -1.59. The van der Waals surface area contributed by atoms with Gasteiger partial charge in [0.05, 0.1) is 6.61 Å². The fraction of sp³-hybridized carbons (Fsp3) is 0.462. The Kier molecular flexibility index (Phi) is 5.12. The minimum Gasteiger partial charge on any atom is -0.491 e. The molecular formula is C13H20N2O3. The van der Waals surface area contributed by atoms with Crippen molar-refractivity contribution in [3.05, 3.63) is 29.8 Å². The predicted octanol–water partition coefficient (Wildman–Crippen LogP) is 0.675. The van der Waals surface area contributed by atoms with Crippen molar-refractivity contribution in [1.82, 2.24) is 5.32 Å². The number of nitrogens with one attached hydrogen (secondary N) is 1. The summed E-state index contributed by atoms with van der Waals surface area (Å²) in [6, 6.07) is 7.53. The van der Waals surface area contributed by atoms with Gasteiger partial charge in [-0.2, -0.15) is 0 Å². The third-order valence-electron chi connectivity index (χ3n) is 2.83. The van der Waals surface area contributed by atoms with E-state index in [1.54, 1.807) is 21.1 Å². The maximum absolute atomic E-state index is 11.3. The van der Waals surface area contributed by atoms with Gasteiger partial charge in [-0.25, -0.2) is 0 Å². The lowest BCUT2D eigenvalue weighted by Crippen LogP contribution is -2.55. The second-order valence-electron chi connectivity index (χ2n) is 4.32. The van der Waals surface area contributed by atoms with Crippen molar-refractivity contribution >= 4 is 5.91 Å². The van der Waals surface area contributed by atoms with Crippen LogP contribution in [0.4, 0.5) is 0 Å². The number of hydrogen-bond acceptors (Lipinski definition) is 4. The van der Waals surface area contributed by atoms with Crippen LogP contribution in [-0.4, -0.2) is 32.2 Å². The number of methoxy groups -OCH3 is 1. The van der Waals surface area contributed by atoms with Crippen molar-refractivity contribution in [2.45, 2.75) is 19.1 Å². The molecule has 0 aromatic heterocycles. The molecular weight excluding hydrogens is 232 g/mol. The minimum absolute atomic E-state index is 0.176. The molecule has 1 aromatic rings. The quantitative estimate of drug-likeness (QED) is 0.748. The second-order valence-corrected chi connectivity index (χ2v) is 4.32. The van der Waals surface area contributed by atoms with Crippen LogP contribution in [0, 0.1) is 0 Å². The Morgan fingerprint density at radius 3 is 2.78 bits per heavy atom. The van der Waals surface area contributed by atoms with Gasteiger partial charge in [-0.05, 0) is 31.7 Å². The number of likely N-dealkylation sites (N-methyl/N-ethyl adjacent to an activating group) is 1. The molecule has 0 fully saturated rings. The maximum Gasteiger partial charge on any atom is 0.240 e. The molecule has 0 aliphatic rings. The van der Waals surface area contributed by atoms with Crippen LogP contribution in [0.25, 0.3) is 0 Å². The summed E-state index contributed by atoms with van der Waals surface area (Å²) in [5.41, 5.74) is 5.46. The van der Waals surface area contributed by atoms with Gasteiger partial charge in [0.1, 0.15) is 17.9 Å². The summed E-state index contributed by atoms with van der Waals surface area (Å²) < 4.78 is 10.6. The topological polar surface area (TPSA) is 73.6 Å². The lowest BCUT2D eigenvalue weighted by Gasteiger charge is -2.25. The molecule has 0 aliphatic carbocycles. The van der Waals surface area contributed by atoms with Crippen LogP contribution in [0.5, 0.6) is 5.75 Å². The van der Waals surface area contributed by atoms with E-state index in [2.05, 4.69) is 5.32 Å². The zero-order chi connectivity index (χ0) is 13.6. The van der Waals surface area contributed by atoms with Crippen molar-refractivity contribution in [2.75, 3.05) is 20.8 Å². The number of nitrogens with two attached hydrogens (primary N) is 1. The normalized spacial score (nSPS) is 13.9. The van der Waals surface area contributed by atoms with E-state index in [9.17, 15) is 4.79 Å².